The van der Waals surface area contributed by atoms with E-state index in [-0.39, 0.29) is 0 Å². The van der Waals surface area contributed by atoms with Gasteiger partial charge < -0.3 is 15.1 Å². The maximum Gasteiger partial charge on any atom is 0.129 e. The quantitative estimate of drug-likeness (QED) is 0.522. The van der Waals surface area contributed by atoms with Crippen LogP contribution in [-0.2, 0) is 0 Å². The molecule has 5 nitrogen and oxygen atoms in total. The molecule has 1 unspecified atom stereocenters. The van der Waals surface area contributed by atoms with E-state index in [9.17, 15) is 0 Å². The van der Waals surface area contributed by atoms with Crippen molar-refractivity contribution in [1.82, 2.24) is 10.3 Å². The molecule has 2 aliphatic heterocycles. The highest BCUT2D eigenvalue weighted by Gasteiger charge is 2.46. The molecule has 3 fully saturated rings. The van der Waals surface area contributed by atoms with Crippen LogP contribution in [0.3, 0.4) is 0 Å². The van der Waals surface area contributed by atoms with Crippen LogP contribution < -0.4 is 15.1 Å². The number of fused-ring (bicyclic) bond motifs is 2. The van der Waals surface area contributed by atoms with Crippen molar-refractivity contribution >= 4 is 23.1 Å². The monoisotopic (exact) mass is 483 g/mol. The molecule has 0 amide bonds. The molecule has 0 spiro atoms. The van der Waals surface area contributed by atoms with Crippen LogP contribution in [0.2, 0.25) is 5.02 Å². The molecule has 0 radical (unpaired) electrons. The van der Waals surface area contributed by atoms with E-state index < -0.39 is 0 Å². The Morgan fingerprint density at radius 3 is 2.57 bits per heavy atom. The highest BCUT2D eigenvalue weighted by Crippen LogP contribution is 2.38. The van der Waals surface area contributed by atoms with Crippen LogP contribution in [0.1, 0.15) is 37.7 Å². The van der Waals surface area contributed by atoms with Crippen LogP contribution in [0.25, 0.3) is 11.1 Å². The van der Waals surface area contributed by atoms with Gasteiger partial charge in [0, 0.05) is 59.7 Å². The molecule has 6 rings (SSSR count). The summed E-state index contributed by atoms with van der Waals surface area (Å²) in [6, 6.07) is 24.3. The van der Waals surface area contributed by atoms with Gasteiger partial charge in [0.1, 0.15) is 5.82 Å². The lowest BCUT2D eigenvalue weighted by Crippen LogP contribution is -2.72. The van der Waals surface area contributed by atoms with E-state index in [2.05, 4.69) is 51.5 Å². The summed E-state index contributed by atoms with van der Waals surface area (Å²) in [5, 5.41) is 14.0. The zero-order valence-electron chi connectivity index (χ0n) is 19.8. The van der Waals surface area contributed by atoms with E-state index in [1.807, 2.05) is 36.5 Å². The lowest BCUT2D eigenvalue weighted by Gasteiger charge is -2.56. The minimum Gasteiger partial charge on any atom is -0.370 e. The normalized spacial score (nSPS) is 25.9. The first-order valence-electron chi connectivity index (χ1n) is 12.7. The molecule has 1 N–H and O–H groups in total. The number of benzene rings is 2. The summed E-state index contributed by atoms with van der Waals surface area (Å²) in [5.41, 5.74) is 4.08. The molecule has 3 aliphatic rings. The fraction of sp³-hybridized carbons (Fsp3) is 0.379. The highest BCUT2D eigenvalue weighted by molar-refractivity contribution is 6.33. The van der Waals surface area contributed by atoms with E-state index in [4.69, 9.17) is 21.8 Å². The number of aromatic nitrogens is 1. The van der Waals surface area contributed by atoms with Crippen molar-refractivity contribution in [3.8, 4) is 17.2 Å². The molecular weight excluding hydrogens is 454 g/mol. The van der Waals surface area contributed by atoms with Crippen molar-refractivity contribution in [2.45, 2.75) is 56.3 Å². The molecule has 3 aromatic rings. The minimum atomic E-state index is 0.365. The third-order valence-corrected chi connectivity index (χ3v) is 8.33. The van der Waals surface area contributed by atoms with Crippen LogP contribution >= 0.6 is 11.6 Å². The van der Waals surface area contributed by atoms with Gasteiger partial charge in [0.15, 0.2) is 0 Å². The van der Waals surface area contributed by atoms with Gasteiger partial charge >= 0.3 is 0 Å². The average molecular weight is 484 g/mol. The van der Waals surface area contributed by atoms with Gasteiger partial charge in [-0.25, -0.2) is 4.98 Å². The summed E-state index contributed by atoms with van der Waals surface area (Å²) in [5.74, 6) is 1.07. The van der Waals surface area contributed by atoms with Crippen molar-refractivity contribution < 1.29 is 0 Å². The van der Waals surface area contributed by atoms with Crippen molar-refractivity contribution in [2.24, 2.45) is 0 Å². The molecule has 2 aromatic carbocycles. The zero-order valence-corrected chi connectivity index (χ0v) is 20.5. The molecule has 4 atom stereocenters. The molecule has 3 heterocycles. The summed E-state index contributed by atoms with van der Waals surface area (Å²) >= 11 is 6.54. The van der Waals surface area contributed by atoms with Gasteiger partial charge in [-0.3, -0.25) is 0 Å². The molecule has 6 heteroatoms. The van der Waals surface area contributed by atoms with Crippen molar-refractivity contribution in [1.29, 1.82) is 5.26 Å². The Labute approximate surface area is 212 Å². The minimum absolute atomic E-state index is 0.365. The standard InChI is InChI=1S/C29H30ClN5/c30-24-6-2-1-5-23(24)21-13-15-32-29(17-21)35-27-8-4-3-7-25(27)33-26-19-34(16-14-28(26)35)22-11-9-20(18-31)10-12-22/h1-2,5-6,9-13,15,17,25-28,33H,3-4,7-8,14,16,19H2/t25-,26-,27-,28?/m1/s1. The van der Waals surface area contributed by atoms with Crippen LogP contribution in [0, 0.1) is 11.3 Å². The Kier molecular flexibility index (Phi) is 6.10. The number of nitrogens with one attached hydrogen (secondary N) is 1. The number of nitriles is 1. The van der Waals surface area contributed by atoms with E-state index >= 15 is 0 Å². The molecule has 1 saturated carbocycles. The number of piperazine rings is 1. The number of nitrogens with zero attached hydrogens (tertiary/aromatic N) is 4. The number of piperidine rings is 1. The van der Waals surface area contributed by atoms with Crippen LogP contribution in [0.15, 0.2) is 66.9 Å². The van der Waals surface area contributed by atoms with Crippen molar-refractivity contribution in [2.75, 3.05) is 22.9 Å². The van der Waals surface area contributed by atoms with Gasteiger partial charge in [0.05, 0.1) is 11.6 Å². The third kappa shape index (κ3) is 4.26. The average Bonchev–Trinajstić information content (AvgIpc) is 2.92. The summed E-state index contributed by atoms with van der Waals surface area (Å²) in [6.07, 6.45) is 7.99. The predicted molar refractivity (Wildman–Crippen MR) is 142 cm³/mol. The summed E-state index contributed by atoms with van der Waals surface area (Å²) < 4.78 is 0. The lowest BCUT2D eigenvalue weighted by molar-refractivity contribution is 0.188. The fourth-order valence-electron chi connectivity index (χ4n) is 6.34. The van der Waals surface area contributed by atoms with Crippen molar-refractivity contribution in [3.63, 3.8) is 0 Å². The molecule has 2 saturated heterocycles. The van der Waals surface area contributed by atoms with Gasteiger partial charge in [0.2, 0.25) is 0 Å². The van der Waals surface area contributed by atoms with E-state index in [0.717, 1.165) is 41.5 Å². The SMILES string of the molecule is N#Cc1ccc(N2CCC3[C@@H](C2)N[C@@H]2CCCC[C@H]2N3c2cc(-c3ccccc3Cl)ccn2)cc1. The second-order valence-corrected chi connectivity index (χ2v) is 10.4. The number of anilines is 2. The Morgan fingerprint density at radius 2 is 1.74 bits per heavy atom. The maximum atomic E-state index is 9.16. The number of pyridine rings is 1. The summed E-state index contributed by atoms with van der Waals surface area (Å²) in [4.78, 5) is 10.0. The molecule has 0 bridgehead atoms. The number of halogens is 1. The summed E-state index contributed by atoms with van der Waals surface area (Å²) in [7, 11) is 0. The highest BCUT2D eigenvalue weighted by atomic mass is 35.5. The number of hydrogen-bond acceptors (Lipinski definition) is 5. The topological polar surface area (TPSA) is 55.2 Å². The summed E-state index contributed by atoms with van der Waals surface area (Å²) in [6.45, 7) is 1.95. The molecule has 178 valence electrons. The van der Waals surface area contributed by atoms with E-state index in [1.54, 1.807) is 0 Å². The number of rotatable bonds is 3. The van der Waals surface area contributed by atoms with E-state index in [1.165, 1.54) is 31.4 Å². The Bertz CT molecular complexity index is 1240. The smallest absolute Gasteiger partial charge is 0.129 e. The van der Waals surface area contributed by atoms with Gasteiger partial charge in [-0.05, 0) is 67.3 Å². The molecule has 1 aromatic heterocycles. The Hall–Kier alpha value is -3.07. The molecular formula is C29H30ClN5. The first kappa shape index (κ1) is 22.4. The number of hydrogen-bond donors (Lipinski definition) is 1. The predicted octanol–water partition coefficient (Wildman–Crippen LogP) is 5.64. The van der Waals surface area contributed by atoms with Gasteiger partial charge in [0.25, 0.3) is 0 Å². The van der Waals surface area contributed by atoms with Gasteiger partial charge in [-0.2, -0.15) is 5.26 Å². The second-order valence-electron chi connectivity index (χ2n) is 9.98. The second kappa shape index (κ2) is 9.53. The Balaban J connectivity index is 1.32. The van der Waals surface area contributed by atoms with E-state index in [0.29, 0.717) is 29.7 Å². The van der Waals surface area contributed by atoms with Gasteiger partial charge in [-0.15, -0.1) is 0 Å². The Morgan fingerprint density at radius 1 is 0.943 bits per heavy atom. The molecule has 35 heavy (non-hydrogen) atoms. The van der Waals surface area contributed by atoms with Crippen LogP contribution in [0.4, 0.5) is 11.5 Å². The largest absolute Gasteiger partial charge is 0.370 e. The first-order chi connectivity index (χ1) is 17.2. The van der Waals surface area contributed by atoms with Crippen LogP contribution in [0.5, 0.6) is 0 Å². The maximum absolute atomic E-state index is 9.16. The molecule has 1 aliphatic carbocycles. The first-order valence-corrected chi connectivity index (χ1v) is 13.1. The lowest BCUT2D eigenvalue weighted by atomic mass is 9.81. The van der Waals surface area contributed by atoms with Crippen LogP contribution in [-0.4, -0.2) is 42.2 Å². The fourth-order valence-corrected chi connectivity index (χ4v) is 6.58. The zero-order chi connectivity index (χ0) is 23.8. The third-order valence-electron chi connectivity index (χ3n) is 8.01. The van der Waals surface area contributed by atoms with Gasteiger partial charge in [-0.1, -0.05) is 42.6 Å². The van der Waals surface area contributed by atoms with Crippen molar-refractivity contribution in [3.05, 3.63) is 77.4 Å².